The number of esters is 1. The minimum atomic E-state index is -4.36. The highest BCUT2D eigenvalue weighted by Crippen LogP contribution is 2.45. The fraction of sp³-hybridized carbons (Fsp3) is 0.915. The second-order valence-corrected chi connectivity index (χ2v) is 18.9. The zero-order valence-corrected chi connectivity index (χ0v) is 39.6. The predicted octanol–water partition coefficient (Wildman–Crippen LogP) is 13.3. The van der Waals surface area contributed by atoms with Crippen molar-refractivity contribution in [3.8, 4) is 0 Å². The number of aliphatic hydroxyl groups is 1. The van der Waals surface area contributed by atoms with Crippen LogP contribution in [0.4, 0.5) is 0 Å². The van der Waals surface area contributed by atoms with Crippen LogP contribution in [0, 0.1) is 0 Å². The van der Waals surface area contributed by atoms with Gasteiger partial charge in [0.05, 0.1) is 34.4 Å². The van der Waals surface area contributed by atoms with E-state index < -0.39 is 45.2 Å². The average Bonchev–Trinajstić information content (AvgIpc) is 3.16. The largest absolute Gasteiger partial charge is 0.481 e. The molecule has 58 heavy (non-hydrogen) atoms. The van der Waals surface area contributed by atoms with Crippen LogP contribution >= 0.6 is 7.82 Å². The van der Waals surface area contributed by atoms with Gasteiger partial charge >= 0.3 is 19.8 Å². The van der Waals surface area contributed by atoms with Crippen molar-refractivity contribution < 1.29 is 47.5 Å². The zero-order valence-electron chi connectivity index (χ0n) is 38.7. The number of unbranched alkanes of at least 4 members (excludes halogenated alkanes) is 25. The van der Waals surface area contributed by atoms with Crippen molar-refractivity contribution >= 4 is 19.8 Å². The minimum Gasteiger partial charge on any atom is -0.481 e. The summed E-state index contributed by atoms with van der Waals surface area (Å²) in [5.41, 5.74) is 0. The Labute approximate surface area is 357 Å². The van der Waals surface area contributed by atoms with Gasteiger partial charge in [0.2, 0.25) is 0 Å². The summed E-state index contributed by atoms with van der Waals surface area (Å²) in [7, 11) is 1.63. The molecule has 0 heterocycles. The number of phosphoric acid groups is 1. The van der Waals surface area contributed by atoms with E-state index in [1.165, 1.54) is 122 Å². The van der Waals surface area contributed by atoms with Gasteiger partial charge in [-0.2, -0.15) is 0 Å². The van der Waals surface area contributed by atoms with Crippen molar-refractivity contribution in [2.24, 2.45) is 0 Å². The Morgan fingerprint density at radius 3 is 1.40 bits per heavy atom. The molecular formula is C47H95NO9P+. The number of rotatable bonds is 42. The SMILES string of the molecule is CCCCCCCC/C=C\CCCCCCCC(=O)OC(CO)COP(=O)(O)OC(CCCCC)C[N+](C)(C)C.CCCCCCCCCCCCCCCC(=O)O. The lowest BCUT2D eigenvalue weighted by Crippen LogP contribution is -2.42. The number of hydrogen-bond donors (Lipinski definition) is 3. The minimum absolute atomic E-state index is 0.255. The number of phosphoric ester groups is 1. The Bertz CT molecular complexity index is 988. The molecule has 0 spiro atoms. The Morgan fingerprint density at radius 2 is 0.983 bits per heavy atom. The number of hydrogen-bond acceptors (Lipinski definition) is 7. The van der Waals surface area contributed by atoms with Crippen molar-refractivity contribution in [2.75, 3.05) is 40.9 Å². The van der Waals surface area contributed by atoms with E-state index in [2.05, 4.69) is 32.9 Å². The number of carboxylic acids is 1. The fourth-order valence-corrected chi connectivity index (χ4v) is 7.77. The van der Waals surface area contributed by atoms with Crippen molar-refractivity contribution in [3.63, 3.8) is 0 Å². The molecule has 3 unspecified atom stereocenters. The molecule has 3 N–H and O–H groups in total. The van der Waals surface area contributed by atoms with E-state index in [0.29, 0.717) is 23.9 Å². The molecular weight excluding hydrogens is 753 g/mol. The number of likely N-dealkylation sites (N-methyl/N-ethyl adjacent to an activating group) is 1. The highest BCUT2D eigenvalue weighted by molar-refractivity contribution is 7.47. The number of carboxylic acid groups (broad SMARTS) is 1. The van der Waals surface area contributed by atoms with E-state index >= 15 is 0 Å². The van der Waals surface area contributed by atoms with Crippen LogP contribution in [0.2, 0.25) is 0 Å². The summed E-state index contributed by atoms with van der Waals surface area (Å²) in [5.74, 6) is -1.09. The third kappa shape index (κ3) is 47.4. The van der Waals surface area contributed by atoms with Crippen LogP contribution in [0.5, 0.6) is 0 Å². The van der Waals surface area contributed by atoms with Crippen molar-refractivity contribution in [2.45, 2.75) is 238 Å². The van der Waals surface area contributed by atoms with Crippen LogP contribution in [-0.2, 0) is 27.9 Å². The van der Waals surface area contributed by atoms with Gasteiger partial charge in [-0.1, -0.05) is 181 Å². The number of aliphatic carboxylic acids is 1. The monoisotopic (exact) mass is 849 g/mol. The highest BCUT2D eigenvalue weighted by Gasteiger charge is 2.31. The van der Waals surface area contributed by atoms with Gasteiger partial charge in [0.1, 0.15) is 18.8 Å². The summed E-state index contributed by atoms with van der Waals surface area (Å²) in [6, 6.07) is 0. The Morgan fingerprint density at radius 1 is 0.586 bits per heavy atom. The summed E-state index contributed by atoms with van der Waals surface area (Å²) >= 11 is 0. The zero-order chi connectivity index (χ0) is 43.6. The molecule has 0 aromatic rings. The lowest BCUT2D eigenvalue weighted by molar-refractivity contribution is -0.873. The van der Waals surface area contributed by atoms with E-state index in [-0.39, 0.29) is 6.42 Å². The van der Waals surface area contributed by atoms with Crippen molar-refractivity contribution in [1.82, 2.24) is 0 Å². The first kappa shape index (κ1) is 58.8. The number of allylic oxidation sites excluding steroid dienone is 2. The normalized spacial score (nSPS) is 13.9. The first-order valence-corrected chi connectivity index (χ1v) is 25.4. The molecule has 11 heteroatoms. The van der Waals surface area contributed by atoms with Gasteiger partial charge in [-0.25, -0.2) is 4.57 Å². The molecule has 10 nitrogen and oxygen atoms in total. The van der Waals surface area contributed by atoms with Gasteiger partial charge in [-0.3, -0.25) is 18.6 Å². The first-order valence-electron chi connectivity index (χ1n) is 23.9. The van der Waals surface area contributed by atoms with Gasteiger partial charge in [0.25, 0.3) is 0 Å². The maximum absolute atomic E-state index is 12.6. The summed E-state index contributed by atoms with van der Waals surface area (Å²) < 4.78 is 29.0. The van der Waals surface area contributed by atoms with Crippen LogP contribution < -0.4 is 0 Å². The third-order valence-electron chi connectivity index (χ3n) is 10.2. The third-order valence-corrected chi connectivity index (χ3v) is 11.3. The van der Waals surface area contributed by atoms with Crippen LogP contribution in [0.1, 0.15) is 226 Å². The van der Waals surface area contributed by atoms with E-state index in [0.717, 1.165) is 64.2 Å². The number of carbonyl (C=O) groups is 2. The molecule has 0 radical (unpaired) electrons. The van der Waals surface area contributed by atoms with Crippen LogP contribution in [0.3, 0.4) is 0 Å². The van der Waals surface area contributed by atoms with Crippen LogP contribution in [0.15, 0.2) is 12.2 Å². The topological polar surface area (TPSA) is 140 Å². The summed E-state index contributed by atoms with van der Waals surface area (Å²) in [5, 5.41) is 18.1. The predicted molar refractivity (Wildman–Crippen MR) is 242 cm³/mol. The molecule has 0 bridgehead atoms. The molecule has 3 atom stereocenters. The molecule has 0 aliphatic carbocycles. The molecule has 0 fully saturated rings. The van der Waals surface area contributed by atoms with E-state index in [1.807, 2.05) is 21.1 Å². The molecule has 0 aromatic heterocycles. The number of nitrogens with zero attached hydrogens (tertiary/aromatic N) is 1. The van der Waals surface area contributed by atoms with Gasteiger partial charge in [-0.15, -0.1) is 0 Å². The Balaban J connectivity index is 0. The molecule has 0 saturated heterocycles. The standard InChI is InChI=1S/C31H62NO7P.C16H32O2/c1-6-8-10-11-12-13-14-15-16-17-18-19-20-21-23-25-31(34)38-30(27-33)28-37-40(35,36)39-29(24-22-9-7-2)26-32(3,4)5;1-2-3-4-5-6-7-8-9-10-11-12-13-14-15-16(17)18/h15-16,29-30,33H,6-14,17-28H2,1-5H3;2-15H2,1H3,(H,17,18)/p+1/b16-15-;. The molecule has 0 aliphatic heterocycles. The summed E-state index contributed by atoms with van der Waals surface area (Å²) in [6.07, 6.45) is 39.7. The Kier molecular flexibility index (Phi) is 43.0. The lowest BCUT2D eigenvalue weighted by atomic mass is 10.0. The smallest absolute Gasteiger partial charge is 0.472 e. The number of carbonyl (C=O) groups excluding carboxylic acids is 1. The second kappa shape index (κ2) is 42.4. The van der Waals surface area contributed by atoms with Gasteiger partial charge in [-0.05, 0) is 44.9 Å². The maximum atomic E-state index is 12.6. The summed E-state index contributed by atoms with van der Waals surface area (Å²) in [6.45, 7) is 6.29. The Hall–Kier alpha value is -1.29. The van der Waals surface area contributed by atoms with Gasteiger partial charge in [0.15, 0.2) is 0 Å². The van der Waals surface area contributed by atoms with Crippen LogP contribution in [-0.4, -0.2) is 84.6 Å². The van der Waals surface area contributed by atoms with Crippen molar-refractivity contribution in [1.29, 1.82) is 0 Å². The number of quaternary nitrogens is 1. The molecule has 0 amide bonds. The van der Waals surface area contributed by atoms with E-state index in [4.69, 9.17) is 18.9 Å². The molecule has 0 aliphatic rings. The maximum Gasteiger partial charge on any atom is 0.472 e. The highest BCUT2D eigenvalue weighted by atomic mass is 31.2. The average molecular weight is 849 g/mol. The van der Waals surface area contributed by atoms with Crippen LogP contribution in [0.25, 0.3) is 0 Å². The number of ether oxygens (including phenoxy) is 1. The number of aliphatic hydroxyl groups excluding tert-OH is 1. The van der Waals surface area contributed by atoms with E-state index in [9.17, 15) is 24.2 Å². The first-order chi connectivity index (χ1) is 27.8. The second-order valence-electron chi connectivity index (χ2n) is 17.5. The summed E-state index contributed by atoms with van der Waals surface area (Å²) in [4.78, 5) is 32.7. The quantitative estimate of drug-likeness (QED) is 0.0180. The fourth-order valence-electron chi connectivity index (χ4n) is 6.81. The van der Waals surface area contributed by atoms with Gasteiger partial charge in [0, 0.05) is 12.8 Å². The van der Waals surface area contributed by atoms with Gasteiger partial charge < -0.3 is 24.3 Å². The van der Waals surface area contributed by atoms with E-state index in [1.54, 1.807) is 0 Å². The molecule has 346 valence electrons. The molecule has 0 saturated carbocycles. The van der Waals surface area contributed by atoms with Crippen molar-refractivity contribution in [3.05, 3.63) is 12.2 Å². The molecule has 0 rings (SSSR count). The lowest BCUT2D eigenvalue weighted by Gasteiger charge is -2.30. The molecule has 0 aromatic carbocycles.